The number of hydrogen-bond acceptors (Lipinski definition) is 5. The second kappa shape index (κ2) is 7.31. The number of hydrogen-bond donors (Lipinski definition) is 1. The summed E-state index contributed by atoms with van der Waals surface area (Å²) in [6.45, 7) is 0.590. The molecule has 1 heterocycles. The van der Waals surface area contributed by atoms with E-state index in [4.69, 9.17) is 14.7 Å². The Labute approximate surface area is 169 Å². The Morgan fingerprint density at radius 3 is 2.75 bits per heavy atom. The van der Waals surface area contributed by atoms with E-state index in [1.807, 2.05) is 42.5 Å². The lowest BCUT2D eigenvalue weighted by Gasteiger charge is -2.30. The fraction of sp³-hybridized carbons (Fsp3) is 0.238. The van der Waals surface area contributed by atoms with Crippen LogP contribution < -0.4 is 0 Å². The molecular weight excluding hydrogens is 424 g/mol. The zero-order chi connectivity index (χ0) is 19.7. The maximum atomic E-state index is 11.4. The van der Waals surface area contributed by atoms with Crippen molar-refractivity contribution in [1.82, 2.24) is 9.97 Å². The molecule has 28 heavy (non-hydrogen) atoms. The fourth-order valence-corrected chi connectivity index (χ4v) is 4.37. The van der Waals surface area contributed by atoms with E-state index in [0.717, 1.165) is 38.0 Å². The van der Waals surface area contributed by atoms with Gasteiger partial charge in [-0.25, -0.2) is 9.97 Å². The molecule has 0 amide bonds. The van der Waals surface area contributed by atoms with E-state index in [0.29, 0.717) is 19.3 Å². The summed E-state index contributed by atoms with van der Waals surface area (Å²) in [5, 5.41) is 9.33. The fourth-order valence-electron chi connectivity index (χ4n) is 4.02. The van der Waals surface area contributed by atoms with Crippen molar-refractivity contribution in [1.29, 1.82) is 0 Å². The van der Waals surface area contributed by atoms with Crippen LogP contribution in [0.4, 0.5) is 0 Å². The van der Waals surface area contributed by atoms with Crippen LogP contribution in [0.25, 0.3) is 22.3 Å². The summed E-state index contributed by atoms with van der Waals surface area (Å²) in [6.07, 6.45) is 0.778. The Hall–Kier alpha value is -2.80. The minimum Gasteiger partial charge on any atom is -0.481 e. The van der Waals surface area contributed by atoms with Crippen LogP contribution in [0, 0.1) is 0 Å². The molecule has 7 heteroatoms. The molecule has 0 spiro atoms. The van der Waals surface area contributed by atoms with Crippen LogP contribution in [0.15, 0.2) is 46.9 Å². The molecule has 0 saturated carbocycles. The number of halogens is 1. The van der Waals surface area contributed by atoms with Gasteiger partial charge in [-0.05, 0) is 36.6 Å². The minimum atomic E-state index is -0.876. The Kier molecular flexibility index (Phi) is 4.85. The summed E-state index contributed by atoms with van der Waals surface area (Å²) in [4.78, 5) is 31.8. The first-order valence-electron chi connectivity index (χ1n) is 8.90. The first-order chi connectivity index (χ1) is 13.5. The number of fused-ring (bicyclic) bond motifs is 4. The molecule has 0 aliphatic heterocycles. The largest absolute Gasteiger partial charge is 0.481 e. The molecule has 1 atom stereocenters. The smallest absolute Gasteiger partial charge is 0.303 e. The van der Waals surface area contributed by atoms with Crippen molar-refractivity contribution in [2.24, 2.45) is 0 Å². The van der Waals surface area contributed by atoms with Crippen LogP contribution in [-0.4, -0.2) is 34.1 Å². The monoisotopic (exact) mass is 440 g/mol. The number of benzene rings is 2. The van der Waals surface area contributed by atoms with Gasteiger partial charge in [-0.15, -0.1) is 0 Å². The number of carbonyl (C=O) groups excluding carboxylic acids is 1. The van der Waals surface area contributed by atoms with E-state index in [1.165, 1.54) is 0 Å². The Morgan fingerprint density at radius 1 is 1.14 bits per heavy atom. The second-order valence-electron chi connectivity index (χ2n) is 6.79. The van der Waals surface area contributed by atoms with Crippen LogP contribution in [0.2, 0.25) is 0 Å². The zero-order valence-corrected chi connectivity index (χ0v) is 16.5. The van der Waals surface area contributed by atoms with Crippen molar-refractivity contribution in [2.45, 2.75) is 24.7 Å². The molecule has 1 aliphatic rings. The molecule has 1 N–H and O–H groups in total. The average molecular weight is 441 g/mol. The summed E-state index contributed by atoms with van der Waals surface area (Å²) in [7, 11) is 0. The van der Waals surface area contributed by atoms with E-state index in [2.05, 4.69) is 15.9 Å². The number of carboxylic acids is 1. The molecule has 0 radical (unpaired) electrons. The molecule has 1 unspecified atom stereocenters. The Morgan fingerprint density at radius 2 is 1.96 bits per heavy atom. The average Bonchev–Trinajstić information content (AvgIpc) is 2.95. The maximum absolute atomic E-state index is 11.4. The van der Waals surface area contributed by atoms with E-state index in [1.54, 1.807) is 0 Å². The number of ether oxygens (including phenoxy) is 1. The number of carbonyl (C=O) groups is 2. The quantitative estimate of drug-likeness (QED) is 0.439. The van der Waals surface area contributed by atoms with Gasteiger partial charge in [0.05, 0.1) is 29.0 Å². The number of aliphatic carboxylic acids is 1. The van der Waals surface area contributed by atoms with Crippen LogP contribution in [0.5, 0.6) is 0 Å². The topological polar surface area (TPSA) is 89.4 Å². The van der Waals surface area contributed by atoms with Crippen LogP contribution in [-0.2, 0) is 19.7 Å². The normalized spacial score (nSPS) is 17.2. The van der Waals surface area contributed by atoms with Crippen molar-refractivity contribution >= 4 is 39.4 Å². The summed E-state index contributed by atoms with van der Waals surface area (Å²) >= 11 is 3.47. The lowest BCUT2D eigenvalue weighted by molar-refractivity contribution is -0.137. The first kappa shape index (κ1) is 18.6. The third-order valence-corrected chi connectivity index (χ3v) is 5.75. The molecule has 6 nitrogen and oxygen atoms in total. The minimum absolute atomic E-state index is 0.0189. The number of rotatable bonds is 7. The van der Waals surface area contributed by atoms with Gasteiger partial charge in [0.15, 0.2) is 0 Å². The second-order valence-corrected chi connectivity index (χ2v) is 7.71. The summed E-state index contributed by atoms with van der Waals surface area (Å²) < 4.78 is 5.89. The molecule has 3 aromatic rings. The van der Waals surface area contributed by atoms with E-state index >= 15 is 0 Å². The SMILES string of the molecule is O=COCCC1(CCC(=O)O)c2ccccc2-c2nc3cc(Br)ccc3nc21. The van der Waals surface area contributed by atoms with Gasteiger partial charge >= 0.3 is 5.97 Å². The standard InChI is InChI=1S/C21H17BrN2O4/c22-13-5-6-16-17(11-13)23-19-14-3-1-2-4-15(14)21(20(19)24-16,8-7-18(26)27)9-10-28-12-25/h1-6,11-12H,7-10H2,(H,26,27). The van der Waals surface area contributed by atoms with Gasteiger partial charge in [-0.2, -0.15) is 0 Å². The summed E-state index contributed by atoms with van der Waals surface area (Å²) in [5.41, 5.74) is 4.28. The lowest BCUT2D eigenvalue weighted by Crippen LogP contribution is -2.29. The van der Waals surface area contributed by atoms with Gasteiger partial charge < -0.3 is 9.84 Å². The van der Waals surface area contributed by atoms with Gasteiger partial charge in [0.2, 0.25) is 0 Å². The molecule has 2 aromatic carbocycles. The Bertz CT molecular complexity index is 1090. The predicted octanol–water partition coefficient (Wildman–Crippen LogP) is 4.09. The van der Waals surface area contributed by atoms with Crippen molar-refractivity contribution < 1.29 is 19.4 Å². The van der Waals surface area contributed by atoms with Crippen LogP contribution >= 0.6 is 15.9 Å². The van der Waals surface area contributed by atoms with E-state index < -0.39 is 11.4 Å². The first-order valence-corrected chi connectivity index (χ1v) is 9.69. The van der Waals surface area contributed by atoms with Crippen molar-refractivity contribution in [3.05, 3.63) is 58.2 Å². The number of aromatic nitrogens is 2. The highest BCUT2D eigenvalue weighted by molar-refractivity contribution is 9.10. The summed E-state index contributed by atoms with van der Waals surface area (Å²) in [5.74, 6) is -0.876. The van der Waals surface area contributed by atoms with Crippen molar-refractivity contribution in [2.75, 3.05) is 6.61 Å². The van der Waals surface area contributed by atoms with Gasteiger partial charge in [-0.3, -0.25) is 9.59 Å². The van der Waals surface area contributed by atoms with Gasteiger partial charge in [0.25, 0.3) is 6.47 Å². The molecule has 1 aliphatic carbocycles. The van der Waals surface area contributed by atoms with Crippen LogP contribution in [0.3, 0.4) is 0 Å². The maximum Gasteiger partial charge on any atom is 0.303 e. The van der Waals surface area contributed by atoms with Gasteiger partial charge in [0, 0.05) is 21.9 Å². The molecule has 142 valence electrons. The predicted molar refractivity (Wildman–Crippen MR) is 107 cm³/mol. The zero-order valence-electron chi connectivity index (χ0n) is 14.9. The lowest BCUT2D eigenvalue weighted by atomic mass is 9.74. The third kappa shape index (κ3) is 3.05. The highest BCUT2D eigenvalue weighted by atomic mass is 79.9. The number of nitrogens with zero attached hydrogens (tertiary/aromatic N) is 2. The summed E-state index contributed by atoms with van der Waals surface area (Å²) in [6, 6.07) is 13.5. The van der Waals surface area contributed by atoms with Gasteiger partial charge in [-0.1, -0.05) is 40.2 Å². The molecule has 0 bridgehead atoms. The highest BCUT2D eigenvalue weighted by Crippen LogP contribution is 2.52. The van der Waals surface area contributed by atoms with Crippen LogP contribution in [0.1, 0.15) is 30.5 Å². The van der Waals surface area contributed by atoms with Crippen molar-refractivity contribution in [3.63, 3.8) is 0 Å². The molecular formula is C21H17BrN2O4. The van der Waals surface area contributed by atoms with Crippen molar-refractivity contribution in [3.8, 4) is 11.3 Å². The molecule has 1 aromatic heterocycles. The molecule has 4 rings (SSSR count). The highest BCUT2D eigenvalue weighted by Gasteiger charge is 2.45. The molecule has 0 saturated heterocycles. The van der Waals surface area contributed by atoms with E-state index in [-0.39, 0.29) is 13.0 Å². The Balaban J connectivity index is 1.95. The molecule has 0 fully saturated rings. The van der Waals surface area contributed by atoms with E-state index in [9.17, 15) is 14.7 Å². The third-order valence-electron chi connectivity index (χ3n) is 5.26. The van der Waals surface area contributed by atoms with Gasteiger partial charge in [0.1, 0.15) is 0 Å². The number of carboxylic acid groups (broad SMARTS) is 1.